The molecule has 0 saturated heterocycles. The van der Waals surface area contributed by atoms with Crippen LogP contribution in [-0.4, -0.2) is 9.97 Å². The summed E-state index contributed by atoms with van der Waals surface area (Å²) in [5.74, 6) is -0.203. The van der Waals surface area contributed by atoms with Crippen LogP contribution in [0.2, 0.25) is 0 Å². The Labute approximate surface area is 104 Å². The summed E-state index contributed by atoms with van der Waals surface area (Å²) in [7, 11) is 0. The zero-order valence-corrected chi connectivity index (χ0v) is 10.2. The van der Waals surface area contributed by atoms with Crippen molar-refractivity contribution < 1.29 is 8.78 Å². The Hall–Kier alpha value is -1.75. The molecule has 3 N–H and O–H groups in total. The van der Waals surface area contributed by atoms with E-state index in [1.165, 1.54) is 6.20 Å². The van der Waals surface area contributed by atoms with Crippen LogP contribution in [0.4, 0.5) is 8.78 Å². The first-order chi connectivity index (χ1) is 8.49. The fourth-order valence-corrected chi connectivity index (χ4v) is 1.66. The van der Waals surface area contributed by atoms with Crippen molar-refractivity contribution >= 4 is 0 Å². The normalized spacial score (nSPS) is 13.0. The molecule has 1 heterocycles. The first-order valence-electron chi connectivity index (χ1n) is 5.75. The molecule has 18 heavy (non-hydrogen) atoms. The number of benzene rings is 1. The summed E-state index contributed by atoms with van der Waals surface area (Å²) in [6.45, 7) is 3.94. The Morgan fingerprint density at radius 3 is 2.67 bits per heavy atom. The van der Waals surface area contributed by atoms with Crippen LogP contribution >= 0.6 is 0 Å². The SMILES string of the molecule is CC(C)C(N)c1ncc(-c2cc(F)ccc2F)[nH]1. The summed E-state index contributed by atoms with van der Waals surface area (Å²) < 4.78 is 26.7. The number of H-pyrrole nitrogens is 1. The van der Waals surface area contributed by atoms with Crippen LogP contribution in [0.5, 0.6) is 0 Å². The van der Waals surface area contributed by atoms with Gasteiger partial charge in [0.15, 0.2) is 0 Å². The zero-order chi connectivity index (χ0) is 13.3. The summed E-state index contributed by atoms with van der Waals surface area (Å²) in [6.07, 6.45) is 1.47. The molecule has 0 radical (unpaired) electrons. The molecule has 0 saturated carbocycles. The lowest BCUT2D eigenvalue weighted by Gasteiger charge is -2.12. The van der Waals surface area contributed by atoms with Gasteiger partial charge in [-0.15, -0.1) is 0 Å². The highest BCUT2D eigenvalue weighted by molar-refractivity contribution is 5.59. The minimum absolute atomic E-state index is 0.157. The van der Waals surface area contributed by atoms with Crippen molar-refractivity contribution in [1.82, 2.24) is 9.97 Å². The minimum atomic E-state index is -0.496. The monoisotopic (exact) mass is 251 g/mol. The molecule has 0 fully saturated rings. The standard InChI is InChI=1S/C13H15F2N3/c1-7(2)12(16)13-17-6-11(18-13)9-5-8(14)3-4-10(9)15/h3-7,12H,16H2,1-2H3,(H,17,18). The van der Waals surface area contributed by atoms with Gasteiger partial charge in [-0.3, -0.25) is 0 Å². The predicted molar refractivity (Wildman–Crippen MR) is 65.7 cm³/mol. The summed E-state index contributed by atoms with van der Waals surface area (Å²) in [4.78, 5) is 7.05. The van der Waals surface area contributed by atoms with Gasteiger partial charge < -0.3 is 10.7 Å². The highest BCUT2D eigenvalue weighted by atomic mass is 19.1. The third-order valence-corrected chi connectivity index (χ3v) is 2.85. The quantitative estimate of drug-likeness (QED) is 0.881. The first-order valence-corrected chi connectivity index (χ1v) is 5.75. The molecule has 0 aliphatic carbocycles. The van der Waals surface area contributed by atoms with Gasteiger partial charge in [-0.2, -0.15) is 0 Å². The number of aromatic amines is 1. The Bertz CT molecular complexity index is 549. The molecule has 5 heteroatoms. The molecule has 1 atom stereocenters. The maximum atomic E-state index is 13.6. The second-order valence-corrected chi connectivity index (χ2v) is 4.58. The van der Waals surface area contributed by atoms with Gasteiger partial charge in [0.1, 0.15) is 17.5 Å². The van der Waals surface area contributed by atoms with Crippen LogP contribution in [0, 0.1) is 17.6 Å². The van der Waals surface area contributed by atoms with Gasteiger partial charge in [0.2, 0.25) is 0 Å². The number of hydrogen-bond acceptors (Lipinski definition) is 2. The third-order valence-electron chi connectivity index (χ3n) is 2.85. The molecular weight excluding hydrogens is 236 g/mol. The van der Waals surface area contributed by atoms with Crippen molar-refractivity contribution in [3.8, 4) is 11.3 Å². The lowest BCUT2D eigenvalue weighted by molar-refractivity contribution is 0.494. The topological polar surface area (TPSA) is 54.7 Å². The van der Waals surface area contributed by atoms with Crippen molar-refractivity contribution in [2.75, 3.05) is 0 Å². The van der Waals surface area contributed by atoms with Gasteiger partial charge in [-0.25, -0.2) is 13.8 Å². The van der Waals surface area contributed by atoms with Crippen LogP contribution in [0.3, 0.4) is 0 Å². The number of nitrogens with zero attached hydrogens (tertiary/aromatic N) is 1. The molecule has 1 unspecified atom stereocenters. The molecule has 0 aliphatic rings. The lowest BCUT2D eigenvalue weighted by atomic mass is 10.1. The van der Waals surface area contributed by atoms with E-state index in [9.17, 15) is 8.78 Å². The van der Waals surface area contributed by atoms with Gasteiger partial charge in [0.25, 0.3) is 0 Å². The number of nitrogens with one attached hydrogen (secondary N) is 1. The van der Waals surface area contributed by atoms with Gasteiger partial charge in [-0.05, 0) is 24.1 Å². The van der Waals surface area contributed by atoms with Crippen LogP contribution < -0.4 is 5.73 Å². The number of nitrogens with two attached hydrogens (primary N) is 1. The van der Waals surface area contributed by atoms with Crippen LogP contribution in [-0.2, 0) is 0 Å². The number of imidazole rings is 1. The third kappa shape index (κ3) is 2.41. The summed E-state index contributed by atoms with van der Waals surface area (Å²) >= 11 is 0. The number of rotatable bonds is 3. The fourth-order valence-electron chi connectivity index (χ4n) is 1.66. The Kier molecular flexibility index (Phi) is 3.43. The van der Waals surface area contributed by atoms with E-state index in [1.54, 1.807) is 0 Å². The molecule has 0 spiro atoms. The van der Waals surface area contributed by atoms with Crippen LogP contribution in [0.25, 0.3) is 11.3 Å². The molecule has 0 aliphatic heterocycles. The van der Waals surface area contributed by atoms with Gasteiger partial charge in [0, 0.05) is 5.56 Å². The Morgan fingerprint density at radius 2 is 2.00 bits per heavy atom. The molecule has 2 aromatic rings. The second-order valence-electron chi connectivity index (χ2n) is 4.58. The van der Waals surface area contributed by atoms with Gasteiger partial charge in [-0.1, -0.05) is 13.8 Å². The average molecular weight is 251 g/mol. The van der Waals surface area contributed by atoms with E-state index in [1.807, 2.05) is 13.8 Å². The molecule has 2 rings (SSSR count). The lowest BCUT2D eigenvalue weighted by Crippen LogP contribution is -2.18. The van der Waals surface area contributed by atoms with Crippen molar-refractivity contribution in [2.45, 2.75) is 19.9 Å². The van der Waals surface area contributed by atoms with E-state index < -0.39 is 11.6 Å². The van der Waals surface area contributed by atoms with E-state index in [2.05, 4.69) is 9.97 Å². The molecule has 1 aromatic heterocycles. The molecular formula is C13H15F2N3. The molecule has 0 bridgehead atoms. The number of aromatic nitrogens is 2. The highest BCUT2D eigenvalue weighted by Crippen LogP contribution is 2.24. The number of hydrogen-bond donors (Lipinski definition) is 2. The Morgan fingerprint density at radius 1 is 1.28 bits per heavy atom. The van der Waals surface area contributed by atoms with E-state index in [0.717, 1.165) is 18.2 Å². The molecule has 0 amide bonds. The second kappa shape index (κ2) is 4.86. The van der Waals surface area contributed by atoms with Crippen molar-refractivity contribution in [2.24, 2.45) is 11.7 Å². The van der Waals surface area contributed by atoms with E-state index in [-0.39, 0.29) is 17.5 Å². The van der Waals surface area contributed by atoms with Crippen LogP contribution in [0.15, 0.2) is 24.4 Å². The highest BCUT2D eigenvalue weighted by Gasteiger charge is 2.16. The van der Waals surface area contributed by atoms with Gasteiger partial charge in [0.05, 0.1) is 17.9 Å². The van der Waals surface area contributed by atoms with Crippen molar-refractivity contribution in [3.05, 3.63) is 41.9 Å². The zero-order valence-electron chi connectivity index (χ0n) is 10.2. The summed E-state index contributed by atoms with van der Waals surface area (Å²) in [6, 6.07) is 3.05. The van der Waals surface area contributed by atoms with Crippen molar-refractivity contribution in [1.29, 1.82) is 0 Å². The smallest absolute Gasteiger partial charge is 0.132 e. The van der Waals surface area contributed by atoms with Gasteiger partial charge >= 0.3 is 0 Å². The Balaban J connectivity index is 2.38. The largest absolute Gasteiger partial charge is 0.341 e. The average Bonchev–Trinajstić information content (AvgIpc) is 2.80. The van der Waals surface area contributed by atoms with E-state index in [0.29, 0.717) is 11.5 Å². The number of halogens is 2. The molecule has 96 valence electrons. The summed E-state index contributed by atoms with van der Waals surface area (Å²) in [5, 5.41) is 0. The van der Waals surface area contributed by atoms with E-state index >= 15 is 0 Å². The summed E-state index contributed by atoms with van der Waals surface area (Å²) in [5.41, 5.74) is 6.52. The molecule has 1 aromatic carbocycles. The maximum Gasteiger partial charge on any atom is 0.132 e. The first kappa shape index (κ1) is 12.7. The fraction of sp³-hybridized carbons (Fsp3) is 0.308. The maximum absolute atomic E-state index is 13.6. The van der Waals surface area contributed by atoms with E-state index in [4.69, 9.17) is 5.73 Å². The minimum Gasteiger partial charge on any atom is -0.341 e. The predicted octanol–water partition coefficient (Wildman–Crippen LogP) is 3.01. The molecule has 3 nitrogen and oxygen atoms in total. The van der Waals surface area contributed by atoms with Crippen molar-refractivity contribution in [3.63, 3.8) is 0 Å². The van der Waals surface area contributed by atoms with Crippen LogP contribution in [0.1, 0.15) is 25.7 Å².